The van der Waals surface area contributed by atoms with Crippen LogP contribution in [0.2, 0.25) is 0 Å². The van der Waals surface area contributed by atoms with Gasteiger partial charge in [-0.3, -0.25) is 4.79 Å². The van der Waals surface area contributed by atoms with E-state index in [2.05, 4.69) is 0 Å². The molecule has 1 fully saturated rings. The van der Waals surface area contributed by atoms with E-state index < -0.39 is 20.0 Å². The van der Waals surface area contributed by atoms with Crippen LogP contribution in [0.3, 0.4) is 0 Å². The van der Waals surface area contributed by atoms with Gasteiger partial charge in [-0.1, -0.05) is 0 Å². The lowest BCUT2D eigenvalue weighted by Gasteiger charge is -2.31. The van der Waals surface area contributed by atoms with Crippen molar-refractivity contribution in [3.63, 3.8) is 0 Å². The van der Waals surface area contributed by atoms with Crippen LogP contribution in [0.25, 0.3) is 0 Å². The van der Waals surface area contributed by atoms with Crippen molar-refractivity contribution in [2.24, 2.45) is 0 Å². The summed E-state index contributed by atoms with van der Waals surface area (Å²) in [6.07, 6.45) is 1.50. The van der Waals surface area contributed by atoms with Crippen LogP contribution < -0.4 is 0 Å². The third kappa shape index (κ3) is 2.92. The molecule has 8 nitrogen and oxygen atoms in total. The zero-order valence-corrected chi connectivity index (χ0v) is 12.4. The smallest absolute Gasteiger partial charge is 0.276 e. The Hall–Kier alpha value is -1.23. The third-order valence-corrected chi connectivity index (χ3v) is 6.06. The quantitative estimate of drug-likeness (QED) is 0.683. The van der Waals surface area contributed by atoms with Crippen LogP contribution in [-0.4, -0.2) is 64.2 Å². The normalized spacial score (nSPS) is 19.1. The van der Waals surface area contributed by atoms with E-state index in [0.29, 0.717) is 6.29 Å². The molecule has 1 saturated heterocycles. The van der Waals surface area contributed by atoms with Gasteiger partial charge in [0, 0.05) is 26.2 Å². The number of carbonyl (C=O) groups is 1. The summed E-state index contributed by atoms with van der Waals surface area (Å²) in [4.78, 5) is 10.5. The van der Waals surface area contributed by atoms with Crippen LogP contribution in [0.15, 0.2) is 21.6 Å². The highest BCUT2D eigenvalue weighted by Gasteiger charge is 2.33. The second kappa shape index (κ2) is 5.28. The van der Waals surface area contributed by atoms with E-state index in [4.69, 9.17) is 4.42 Å². The lowest BCUT2D eigenvalue weighted by Crippen LogP contribution is -2.50. The van der Waals surface area contributed by atoms with E-state index in [1.54, 1.807) is 0 Å². The molecule has 1 aromatic rings. The van der Waals surface area contributed by atoms with Gasteiger partial charge in [-0.05, 0) is 12.1 Å². The predicted molar refractivity (Wildman–Crippen MR) is 69.3 cm³/mol. The summed E-state index contributed by atoms with van der Waals surface area (Å²) in [5, 5.41) is -0.313. The van der Waals surface area contributed by atoms with Crippen molar-refractivity contribution in [2.75, 3.05) is 32.4 Å². The minimum absolute atomic E-state index is 0.0481. The molecule has 1 aliphatic heterocycles. The number of carbonyl (C=O) groups excluding carboxylic acids is 1. The Labute approximate surface area is 117 Å². The molecule has 0 aliphatic carbocycles. The topological polar surface area (TPSA) is 105 Å². The van der Waals surface area contributed by atoms with Gasteiger partial charge < -0.3 is 4.42 Å². The molecule has 0 N–H and O–H groups in total. The maximum atomic E-state index is 12.2. The van der Waals surface area contributed by atoms with E-state index in [9.17, 15) is 21.6 Å². The number of hydrogen-bond donors (Lipinski definition) is 0. The first-order valence-electron chi connectivity index (χ1n) is 5.75. The number of aldehydes is 1. The van der Waals surface area contributed by atoms with Gasteiger partial charge in [0.1, 0.15) is 0 Å². The van der Waals surface area contributed by atoms with E-state index in [-0.39, 0.29) is 37.0 Å². The number of piperazine rings is 1. The molecule has 20 heavy (non-hydrogen) atoms. The Balaban J connectivity index is 2.15. The Bertz CT molecular complexity index is 698. The van der Waals surface area contributed by atoms with Crippen molar-refractivity contribution in [1.82, 2.24) is 8.61 Å². The number of sulfonamides is 2. The average molecular weight is 322 g/mol. The number of furan rings is 1. The van der Waals surface area contributed by atoms with Crippen LogP contribution in [0.4, 0.5) is 0 Å². The highest BCUT2D eigenvalue weighted by molar-refractivity contribution is 7.89. The molecule has 0 amide bonds. The summed E-state index contributed by atoms with van der Waals surface area (Å²) >= 11 is 0. The van der Waals surface area contributed by atoms with Crippen molar-refractivity contribution >= 4 is 26.3 Å². The lowest BCUT2D eigenvalue weighted by atomic mass is 10.4. The Morgan fingerprint density at radius 3 is 2.05 bits per heavy atom. The summed E-state index contributed by atoms with van der Waals surface area (Å²) in [5.74, 6) is -0.0710. The molecule has 0 saturated carbocycles. The largest absolute Gasteiger partial charge is 0.440 e. The maximum absolute atomic E-state index is 12.2. The van der Waals surface area contributed by atoms with Crippen LogP contribution in [-0.2, 0) is 20.0 Å². The molecule has 0 aromatic carbocycles. The van der Waals surface area contributed by atoms with Crippen LogP contribution in [0, 0.1) is 0 Å². The Morgan fingerprint density at radius 1 is 1.05 bits per heavy atom. The minimum atomic E-state index is -3.83. The first-order valence-corrected chi connectivity index (χ1v) is 9.04. The molecule has 2 rings (SSSR count). The van der Waals surface area contributed by atoms with E-state index in [1.165, 1.54) is 16.4 Å². The molecule has 0 spiro atoms. The maximum Gasteiger partial charge on any atom is 0.276 e. The van der Waals surface area contributed by atoms with Crippen molar-refractivity contribution in [2.45, 2.75) is 5.09 Å². The van der Waals surface area contributed by atoms with Crippen molar-refractivity contribution in [3.05, 3.63) is 17.9 Å². The van der Waals surface area contributed by atoms with Gasteiger partial charge in [-0.25, -0.2) is 16.8 Å². The summed E-state index contributed by atoms with van der Waals surface area (Å²) in [7, 11) is -7.15. The molecule has 10 heteroatoms. The lowest BCUT2D eigenvalue weighted by molar-refractivity contribution is 0.109. The predicted octanol–water partition coefficient (Wildman–Crippen LogP) is -0.642. The van der Waals surface area contributed by atoms with Gasteiger partial charge in [-0.2, -0.15) is 8.61 Å². The summed E-state index contributed by atoms with van der Waals surface area (Å²) in [6.45, 7) is 0.289. The number of nitrogens with zero attached hydrogens (tertiary/aromatic N) is 2. The molecule has 112 valence electrons. The van der Waals surface area contributed by atoms with Gasteiger partial charge in [-0.15, -0.1) is 0 Å². The van der Waals surface area contributed by atoms with E-state index in [0.717, 1.165) is 10.6 Å². The molecule has 0 radical (unpaired) electrons. The Kier molecular flexibility index (Phi) is 4.00. The number of hydrogen-bond acceptors (Lipinski definition) is 6. The zero-order chi connectivity index (χ0) is 15.0. The first kappa shape index (κ1) is 15.2. The van der Waals surface area contributed by atoms with E-state index in [1.807, 2.05) is 0 Å². The molecular weight excluding hydrogens is 308 g/mol. The highest BCUT2D eigenvalue weighted by atomic mass is 32.2. The van der Waals surface area contributed by atoms with Gasteiger partial charge in [0.2, 0.25) is 15.1 Å². The monoisotopic (exact) mass is 322 g/mol. The number of rotatable bonds is 4. The fourth-order valence-corrected chi connectivity index (χ4v) is 4.07. The second-order valence-corrected chi connectivity index (χ2v) is 8.19. The molecule has 1 aromatic heterocycles. The molecular formula is C10H14N2O6S2. The second-order valence-electron chi connectivity index (χ2n) is 4.34. The standard InChI is InChI=1S/C10H14N2O6S2/c1-19(14,15)11-4-6-12(7-5-11)20(16,17)10-3-2-9(8-13)18-10/h2-3,8H,4-7H2,1H3. The molecule has 0 unspecified atom stereocenters. The van der Waals surface area contributed by atoms with Crippen LogP contribution in [0.1, 0.15) is 10.6 Å². The van der Waals surface area contributed by atoms with Crippen LogP contribution >= 0.6 is 0 Å². The minimum Gasteiger partial charge on any atom is -0.440 e. The fraction of sp³-hybridized carbons (Fsp3) is 0.500. The SMILES string of the molecule is CS(=O)(=O)N1CCN(S(=O)(=O)c2ccc(C=O)o2)CC1. The first-order chi connectivity index (χ1) is 9.25. The zero-order valence-electron chi connectivity index (χ0n) is 10.7. The van der Waals surface area contributed by atoms with Crippen molar-refractivity contribution in [1.29, 1.82) is 0 Å². The summed E-state index contributed by atoms with van der Waals surface area (Å²) in [5.41, 5.74) is 0. The molecule has 1 aliphatic rings. The van der Waals surface area contributed by atoms with Gasteiger partial charge in [0.15, 0.2) is 12.0 Å². The van der Waals surface area contributed by atoms with Gasteiger partial charge >= 0.3 is 0 Å². The average Bonchev–Trinajstić information content (AvgIpc) is 2.87. The summed E-state index contributed by atoms with van der Waals surface area (Å²) < 4.78 is 54.4. The third-order valence-electron chi connectivity index (χ3n) is 2.98. The van der Waals surface area contributed by atoms with Crippen molar-refractivity contribution in [3.8, 4) is 0 Å². The van der Waals surface area contributed by atoms with Gasteiger partial charge in [0.05, 0.1) is 6.26 Å². The Morgan fingerprint density at radius 2 is 1.60 bits per heavy atom. The van der Waals surface area contributed by atoms with E-state index >= 15 is 0 Å². The molecule has 0 bridgehead atoms. The van der Waals surface area contributed by atoms with Crippen molar-refractivity contribution < 1.29 is 26.0 Å². The summed E-state index contributed by atoms with van der Waals surface area (Å²) in [6, 6.07) is 2.48. The molecule has 0 atom stereocenters. The van der Waals surface area contributed by atoms with Crippen LogP contribution in [0.5, 0.6) is 0 Å². The fourth-order valence-electron chi connectivity index (χ4n) is 1.91. The molecule has 2 heterocycles. The highest BCUT2D eigenvalue weighted by Crippen LogP contribution is 2.20. The van der Waals surface area contributed by atoms with Gasteiger partial charge in [0.25, 0.3) is 10.0 Å².